The normalized spacial score (nSPS) is 18.1. The highest BCUT2D eigenvalue weighted by Crippen LogP contribution is 2.42. The van der Waals surface area contributed by atoms with E-state index in [4.69, 9.17) is 12.2 Å². The third-order valence-corrected chi connectivity index (χ3v) is 6.57. The first-order valence-electron chi connectivity index (χ1n) is 11.3. The molecule has 178 valence electrons. The number of aryl methyl sites for hydroxylation is 1. The average Bonchev–Trinajstić information content (AvgIpc) is 3.48. The van der Waals surface area contributed by atoms with E-state index in [1.165, 1.54) is 17.7 Å². The molecule has 2 unspecified atom stereocenters. The van der Waals surface area contributed by atoms with Gasteiger partial charge in [-0.25, -0.2) is 0 Å². The number of thiocarbonyl (C=S) groups is 1. The zero-order valence-electron chi connectivity index (χ0n) is 18.9. The highest BCUT2D eigenvalue weighted by atomic mass is 32.1. The van der Waals surface area contributed by atoms with Crippen molar-refractivity contribution in [3.8, 4) is 5.69 Å². The molecular weight excluding hydrogens is 469 g/mol. The van der Waals surface area contributed by atoms with Gasteiger partial charge >= 0.3 is 6.18 Å². The van der Waals surface area contributed by atoms with E-state index in [0.29, 0.717) is 10.8 Å². The Balaban J connectivity index is 1.64. The molecule has 1 saturated heterocycles. The summed E-state index contributed by atoms with van der Waals surface area (Å²) in [5.74, 6) is 0. The Kier molecular flexibility index (Phi) is 6.06. The molecule has 0 saturated carbocycles. The molecule has 0 aliphatic carbocycles. The second-order valence-corrected chi connectivity index (χ2v) is 8.75. The van der Waals surface area contributed by atoms with Crippen LogP contribution in [0, 0.1) is 0 Å². The second-order valence-electron chi connectivity index (χ2n) is 8.37. The largest absolute Gasteiger partial charge is 0.416 e. The molecule has 2 aromatic heterocycles. The van der Waals surface area contributed by atoms with Crippen LogP contribution in [-0.4, -0.2) is 14.7 Å². The maximum Gasteiger partial charge on any atom is 0.416 e. The van der Waals surface area contributed by atoms with Gasteiger partial charge in [0.05, 0.1) is 17.3 Å². The van der Waals surface area contributed by atoms with Gasteiger partial charge in [-0.05, 0) is 78.8 Å². The number of benzene rings is 2. The topological polar surface area (TPSA) is 33.1 Å². The minimum absolute atomic E-state index is 0.297. The lowest BCUT2D eigenvalue weighted by atomic mass is 10.0. The Labute approximate surface area is 207 Å². The maximum absolute atomic E-state index is 13.4. The van der Waals surface area contributed by atoms with Crippen LogP contribution in [0.2, 0.25) is 0 Å². The molecule has 35 heavy (non-hydrogen) atoms. The summed E-state index contributed by atoms with van der Waals surface area (Å²) in [4.78, 5) is 6.57. The van der Waals surface area contributed by atoms with E-state index in [0.717, 1.165) is 29.6 Å². The number of pyridine rings is 1. The molecule has 4 nitrogen and oxygen atoms in total. The van der Waals surface area contributed by atoms with E-state index in [1.54, 1.807) is 23.0 Å². The van der Waals surface area contributed by atoms with E-state index >= 15 is 0 Å². The average molecular weight is 493 g/mol. The van der Waals surface area contributed by atoms with Gasteiger partial charge in [0.2, 0.25) is 0 Å². The number of alkyl halides is 3. The summed E-state index contributed by atoms with van der Waals surface area (Å²) in [5, 5.41) is 3.94. The second kappa shape index (κ2) is 9.19. The van der Waals surface area contributed by atoms with Gasteiger partial charge in [-0.15, -0.1) is 0 Å². The molecule has 5 rings (SSSR count). The van der Waals surface area contributed by atoms with Crippen molar-refractivity contribution < 1.29 is 13.2 Å². The predicted octanol–water partition coefficient (Wildman–Crippen LogP) is 6.63. The zero-order valence-corrected chi connectivity index (χ0v) is 19.7. The lowest BCUT2D eigenvalue weighted by Gasteiger charge is -2.29. The fourth-order valence-corrected chi connectivity index (χ4v) is 4.87. The van der Waals surface area contributed by atoms with Crippen molar-refractivity contribution in [2.75, 3.05) is 4.90 Å². The number of hydrogen-bond acceptors (Lipinski definition) is 2. The van der Waals surface area contributed by atoms with Gasteiger partial charge in [0.25, 0.3) is 0 Å². The fraction of sp³-hybridized carbons (Fsp3) is 0.185. The molecule has 0 spiro atoms. The van der Waals surface area contributed by atoms with Crippen LogP contribution >= 0.6 is 12.2 Å². The van der Waals surface area contributed by atoms with E-state index in [9.17, 15) is 13.2 Å². The number of aromatic nitrogens is 2. The molecule has 0 amide bonds. The van der Waals surface area contributed by atoms with Crippen molar-refractivity contribution in [1.82, 2.24) is 14.9 Å². The first kappa shape index (κ1) is 23.1. The van der Waals surface area contributed by atoms with Crippen LogP contribution in [0.4, 0.5) is 18.9 Å². The number of halogens is 3. The van der Waals surface area contributed by atoms with Crippen LogP contribution in [0.1, 0.15) is 41.5 Å². The van der Waals surface area contributed by atoms with Gasteiger partial charge in [-0.3, -0.25) is 4.98 Å². The molecule has 0 bridgehead atoms. The molecule has 2 aromatic carbocycles. The van der Waals surface area contributed by atoms with Gasteiger partial charge in [0.15, 0.2) is 5.11 Å². The molecule has 1 N–H and O–H groups in total. The smallest absolute Gasteiger partial charge is 0.351 e. The third-order valence-electron chi connectivity index (χ3n) is 6.26. The summed E-state index contributed by atoms with van der Waals surface area (Å²) in [6.45, 7) is 2.10. The quantitative estimate of drug-likeness (QED) is 0.317. The molecule has 3 heterocycles. The molecule has 8 heteroatoms. The first-order chi connectivity index (χ1) is 16.9. The molecule has 4 aromatic rings. The lowest BCUT2D eigenvalue weighted by molar-refractivity contribution is -0.137. The fourth-order valence-electron chi connectivity index (χ4n) is 4.53. The van der Waals surface area contributed by atoms with Crippen molar-refractivity contribution >= 4 is 23.0 Å². The van der Waals surface area contributed by atoms with E-state index < -0.39 is 11.7 Å². The predicted molar refractivity (Wildman–Crippen MR) is 135 cm³/mol. The minimum Gasteiger partial charge on any atom is -0.351 e. The Morgan fingerprint density at radius 2 is 1.74 bits per heavy atom. The van der Waals surface area contributed by atoms with Gasteiger partial charge in [0, 0.05) is 29.5 Å². The van der Waals surface area contributed by atoms with Crippen molar-refractivity contribution in [2.24, 2.45) is 0 Å². The van der Waals surface area contributed by atoms with E-state index in [-0.39, 0.29) is 12.1 Å². The summed E-state index contributed by atoms with van der Waals surface area (Å²) in [7, 11) is 0. The highest BCUT2D eigenvalue weighted by Gasteiger charge is 2.42. The zero-order chi connectivity index (χ0) is 24.6. The molecular formula is C27H23F3N4S. The maximum atomic E-state index is 13.4. The van der Waals surface area contributed by atoms with Crippen molar-refractivity contribution in [1.29, 1.82) is 0 Å². The van der Waals surface area contributed by atoms with Gasteiger partial charge in [-0.1, -0.05) is 31.2 Å². The number of rotatable bonds is 5. The van der Waals surface area contributed by atoms with Crippen LogP contribution in [0.25, 0.3) is 5.69 Å². The molecule has 1 aliphatic heterocycles. The number of anilines is 1. The first-order valence-corrected chi connectivity index (χ1v) is 11.7. The van der Waals surface area contributed by atoms with Crippen LogP contribution < -0.4 is 10.2 Å². The van der Waals surface area contributed by atoms with Crippen LogP contribution in [-0.2, 0) is 12.6 Å². The van der Waals surface area contributed by atoms with E-state index in [2.05, 4.69) is 29.4 Å². The molecule has 0 radical (unpaired) electrons. The summed E-state index contributed by atoms with van der Waals surface area (Å²) < 4.78 is 42.1. The SMILES string of the molecule is CCc1ccc(N2C(=S)NC(c3ccccn3)C2c2cccn2-c2cccc(C(F)(F)F)c2)cc1. The molecule has 1 aliphatic rings. The minimum atomic E-state index is -4.43. The Hall–Kier alpha value is -3.65. The van der Waals surface area contributed by atoms with Gasteiger partial charge < -0.3 is 14.8 Å². The Morgan fingerprint density at radius 3 is 2.43 bits per heavy atom. The van der Waals surface area contributed by atoms with Crippen molar-refractivity contribution in [3.05, 3.63) is 114 Å². The molecule has 2 atom stereocenters. The molecule has 1 fully saturated rings. The van der Waals surface area contributed by atoms with Crippen molar-refractivity contribution in [2.45, 2.75) is 31.6 Å². The van der Waals surface area contributed by atoms with Crippen LogP contribution in [0.5, 0.6) is 0 Å². The summed E-state index contributed by atoms with van der Waals surface area (Å²) in [5.41, 5.74) is 3.44. The third kappa shape index (κ3) is 4.41. The standard InChI is InChI=1S/C27H23F3N4S/c1-2-18-11-13-20(14-12-18)34-25(24(32-26(34)35)22-9-3-4-15-31-22)23-10-6-16-33(23)21-8-5-7-19(17-21)27(28,29)30/h3-17,24-25H,2H2,1H3,(H,32,35). The number of nitrogens with one attached hydrogen (secondary N) is 1. The van der Waals surface area contributed by atoms with Crippen LogP contribution in [0.15, 0.2) is 91.3 Å². The van der Waals surface area contributed by atoms with E-state index in [1.807, 2.05) is 47.4 Å². The highest BCUT2D eigenvalue weighted by molar-refractivity contribution is 7.80. The van der Waals surface area contributed by atoms with Crippen LogP contribution in [0.3, 0.4) is 0 Å². The van der Waals surface area contributed by atoms with Gasteiger partial charge in [-0.2, -0.15) is 13.2 Å². The summed E-state index contributed by atoms with van der Waals surface area (Å²) in [6, 6.07) is 22.3. The number of nitrogens with zero attached hydrogens (tertiary/aromatic N) is 3. The summed E-state index contributed by atoms with van der Waals surface area (Å²) in [6.07, 6.45) is -0.00751. The summed E-state index contributed by atoms with van der Waals surface area (Å²) >= 11 is 5.77. The van der Waals surface area contributed by atoms with Crippen molar-refractivity contribution in [3.63, 3.8) is 0 Å². The Morgan fingerprint density at radius 1 is 0.943 bits per heavy atom. The lowest BCUT2D eigenvalue weighted by Crippen LogP contribution is -2.30. The monoisotopic (exact) mass is 492 g/mol. The Bertz CT molecular complexity index is 1330. The number of hydrogen-bond donors (Lipinski definition) is 1. The van der Waals surface area contributed by atoms with Gasteiger partial charge in [0.1, 0.15) is 6.04 Å².